The largest absolute Gasteiger partial charge is 0.367 e. The van der Waals surface area contributed by atoms with Crippen LogP contribution in [0.2, 0.25) is 0 Å². The molecule has 0 aromatic carbocycles. The predicted molar refractivity (Wildman–Crippen MR) is 92.7 cm³/mol. The minimum atomic E-state index is 0.330. The number of aromatic nitrogens is 2. The van der Waals surface area contributed by atoms with Gasteiger partial charge in [-0.1, -0.05) is 6.07 Å². The zero-order chi connectivity index (χ0) is 14.7. The lowest BCUT2D eigenvalue weighted by atomic mass is 10.2. The maximum absolute atomic E-state index is 4.61. The lowest BCUT2D eigenvalue weighted by Crippen LogP contribution is -2.19. The highest BCUT2D eigenvalue weighted by atomic mass is 32.1. The van der Waals surface area contributed by atoms with Crippen molar-refractivity contribution in [2.45, 2.75) is 26.3 Å². The van der Waals surface area contributed by atoms with Crippen LogP contribution in [-0.4, -0.2) is 22.6 Å². The summed E-state index contributed by atoms with van der Waals surface area (Å²) in [6.07, 6.45) is 1.00. The maximum atomic E-state index is 4.61. The van der Waals surface area contributed by atoms with E-state index in [4.69, 9.17) is 0 Å². The molecule has 0 aliphatic carbocycles. The van der Waals surface area contributed by atoms with Gasteiger partial charge >= 0.3 is 0 Å². The molecule has 3 heterocycles. The van der Waals surface area contributed by atoms with Gasteiger partial charge in [0.15, 0.2) is 0 Å². The fourth-order valence-electron chi connectivity index (χ4n) is 2.22. The first kappa shape index (κ1) is 14.3. The molecule has 110 valence electrons. The van der Waals surface area contributed by atoms with Gasteiger partial charge < -0.3 is 10.6 Å². The van der Waals surface area contributed by atoms with Crippen LogP contribution in [0.25, 0.3) is 10.2 Å². The summed E-state index contributed by atoms with van der Waals surface area (Å²) in [4.78, 5) is 11.5. The van der Waals surface area contributed by atoms with Gasteiger partial charge in [-0.15, -0.1) is 22.7 Å². The van der Waals surface area contributed by atoms with E-state index < -0.39 is 0 Å². The van der Waals surface area contributed by atoms with Crippen molar-refractivity contribution < 1.29 is 0 Å². The van der Waals surface area contributed by atoms with E-state index in [-0.39, 0.29) is 0 Å². The van der Waals surface area contributed by atoms with Gasteiger partial charge in [-0.05, 0) is 36.7 Å². The standard InChI is InChI=1S/C15H18N4S2/c1-3-16-15-18-13(12-6-8-21-14(12)19-15)17-10(2)9-11-5-4-7-20-11/h4-8,10H,3,9H2,1-2H3,(H2,16,17,18,19). The zero-order valence-electron chi connectivity index (χ0n) is 12.1. The molecule has 0 fully saturated rings. The molecule has 0 radical (unpaired) electrons. The second-order valence-corrected chi connectivity index (χ2v) is 6.82. The Hall–Kier alpha value is -1.66. The van der Waals surface area contributed by atoms with E-state index in [1.165, 1.54) is 4.88 Å². The van der Waals surface area contributed by atoms with E-state index in [1.54, 1.807) is 22.7 Å². The van der Waals surface area contributed by atoms with Crippen LogP contribution in [-0.2, 0) is 6.42 Å². The normalized spacial score (nSPS) is 12.5. The highest BCUT2D eigenvalue weighted by Crippen LogP contribution is 2.27. The Morgan fingerprint density at radius 3 is 2.86 bits per heavy atom. The van der Waals surface area contributed by atoms with Crippen LogP contribution >= 0.6 is 22.7 Å². The third-order valence-electron chi connectivity index (χ3n) is 3.13. The van der Waals surface area contributed by atoms with Gasteiger partial charge in [-0.2, -0.15) is 4.98 Å². The van der Waals surface area contributed by atoms with Crippen molar-refractivity contribution in [2.24, 2.45) is 0 Å². The third-order valence-corrected chi connectivity index (χ3v) is 4.84. The van der Waals surface area contributed by atoms with Crippen molar-refractivity contribution in [1.82, 2.24) is 9.97 Å². The molecule has 1 atom stereocenters. The van der Waals surface area contributed by atoms with Gasteiger partial charge in [0, 0.05) is 23.9 Å². The molecule has 3 rings (SSSR count). The van der Waals surface area contributed by atoms with Crippen molar-refractivity contribution in [1.29, 1.82) is 0 Å². The molecule has 6 heteroatoms. The van der Waals surface area contributed by atoms with Crippen molar-refractivity contribution in [2.75, 3.05) is 17.2 Å². The van der Waals surface area contributed by atoms with Gasteiger partial charge in [0.05, 0.1) is 5.39 Å². The van der Waals surface area contributed by atoms with Crippen LogP contribution < -0.4 is 10.6 Å². The van der Waals surface area contributed by atoms with Crippen molar-refractivity contribution >= 4 is 44.7 Å². The molecule has 0 aliphatic heterocycles. The maximum Gasteiger partial charge on any atom is 0.226 e. The smallest absolute Gasteiger partial charge is 0.226 e. The lowest BCUT2D eigenvalue weighted by Gasteiger charge is -2.15. The summed E-state index contributed by atoms with van der Waals surface area (Å²) in [5, 5.41) is 12.0. The van der Waals surface area contributed by atoms with Crippen LogP contribution in [0.15, 0.2) is 29.0 Å². The van der Waals surface area contributed by atoms with Crippen LogP contribution in [0.3, 0.4) is 0 Å². The van der Waals surface area contributed by atoms with E-state index in [9.17, 15) is 0 Å². The highest BCUT2D eigenvalue weighted by Gasteiger charge is 2.11. The molecule has 0 aliphatic rings. The third kappa shape index (κ3) is 3.33. The number of nitrogens with zero attached hydrogens (tertiary/aromatic N) is 2. The summed E-state index contributed by atoms with van der Waals surface area (Å²) in [6.45, 7) is 5.06. The summed E-state index contributed by atoms with van der Waals surface area (Å²) >= 11 is 3.44. The zero-order valence-corrected chi connectivity index (χ0v) is 13.7. The monoisotopic (exact) mass is 318 g/mol. The van der Waals surface area contributed by atoms with E-state index in [1.807, 2.05) is 0 Å². The Morgan fingerprint density at radius 1 is 1.19 bits per heavy atom. The summed E-state index contributed by atoms with van der Waals surface area (Å²) < 4.78 is 0. The average molecular weight is 318 g/mol. The Balaban J connectivity index is 1.83. The fraction of sp³-hybridized carbons (Fsp3) is 0.333. The molecule has 4 nitrogen and oxygen atoms in total. The SMILES string of the molecule is CCNc1nc(NC(C)Cc2cccs2)c2ccsc2n1. The molecule has 2 N–H and O–H groups in total. The Labute approximate surface area is 132 Å². The van der Waals surface area contributed by atoms with E-state index in [0.717, 1.165) is 29.0 Å². The van der Waals surface area contributed by atoms with Gasteiger partial charge in [0.2, 0.25) is 5.95 Å². The molecule has 0 bridgehead atoms. The topological polar surface area (TPSA) is 49.8 Å². The first-order valence-corrected chi connectivity index (χ1v) is 8.80. The van der Waals surface area contributed by atoms with Crippen LogP contribution in [0.4, 0.5) is 11.8 Å². The van der Waals surface area contributed by atoms with Crippen molar-refractivity contribution in [3.8, 4) is 0 Å². The van der Waals surface area contributed by atoms with Gasteiger partial charge in [-0.3, -0.25) is 0 Å². The molecule has 0 saturated carbocycles. The number of thiophene rings is 2. The second-order valence-electron chi connectivity index (χ2n) is 4.89. The lowest BCUT2D eigenvalue weighted by molar-refractivity contribution is 0.796. The molecular weight excluding hydrogens is 300 g/mol. The van der Waals surface area contributed by atoms with Gasteiger partial charge in [-0.25, -0.2) is 4.98 Å². The van der Waals surface area contributed by atoms with E-state index >= 15 is 0 Å². The molecule has 0 saturated heterocycles. The summed E-state index contributed by atoms with van der Waals surface area (Å²) in [5.74, 6) is 1.61. The molecule has 0 amide bonds. The minimum absolute atomic E-state index is 0.330. The van der Waals surface area contributed by atoms with E-state index in [2.05, 4.69) is 63.4 Å². The molecule has 21 heavy (non-hydrogen) atoms. The summed E-state index contributed by atoms with van der Waals surface area (Å²) in [7, 11) is 0. The second kappa shape index (κ2) is 6.41. The Kier molecular flexibility index (Phi) is 4.36. The van der Waals surface area contributed by atoms with E-state index in [0.29, 0.717) is 12.0 Å². The predicted octanol–water partition coefficient (Wildman–Crippen LogP) is 4.23. The number of anilines is 2. The molecule has 3 aromatic rings. The van der Waals surface area contributed by atoms with Crippen LogP contribution in [0, 0.1) is 0 Å². The Morgan fingerprint density at radius 2 is 2.10 bits per heavy atom. The van der Waals surface area contributed by atoms with Crippen molar-refractivity contribution in [3.05, 3.63) is 33.8 Å². The minimum Gasteiger partial charge on any atom is -0.367 e. The summed E-state index contributed by atoms with van der Waals surface area (Å²) in [5.41, 5.74) is 0. The van der Waals surface area contributed by atoms with Crippen LogP contribution in [0.1, 0.15) is 18.7 Å². The van der Waals surface area contributed by atoms with Crippen LogP contribution in [0.5, 0.6) is 0 Å². The fourth-order valence-corrected chi connectivity index (χ4v) is 3.82. The quantitative estimate of drug-likeness (QED) is 0.714. The molecule has 0 spiro atoms. The van der Waals surface area contributed by atoms with Gasteiger partial charge in [0.1, 0.15) is 10.6 Å². The number of nitrogens with one attached hydrogen (secondary N) is 2. The molecular formula is C15H18N4S2. The van der Waals surface area contributed by atoms with Gasteiger partial charge in [0.25, 0.3) is 0 Å². The van der Waals surface area contributed by atoms with Crippen molar-refractivity contribution in [3.63, 3.8) is 0 Å². The Bertz CT molecular complexity index is 706. The molecule has 1 unspecified atom stereocenters. The first-order chi connectivity index (χ1) is 10.3. The number of rotatable bonds is 6. The summed E-state index contributed by atoms with van der Waals surface area (Å²) in [6, 6.07) is 6.68. The molecule has 3 aromatic heterocycles. The number of hydrogen-bond acceptors (Lipinski definition) is 6. The first-order valence-electron chi connectivity index (χ1n) is 7.04. The number of hydrogen-bond donors (Lipinski definition) is 2. The number of fused-ring (bicyclic) bond motifs is 1. The average Bonchev–Trinajstić information content (AvgIpc) is 3.09. The highest BCUT2D eigenvalue weighted by molar-refractivity contribution is 7.16.